The molecular weight excluding hydrogens is 320 g/mol. The highest BCUT2D eigenvalue weighted by Crippen LogP contribution is 2.42. The first-order valence-corrected chi connectivity index (χ1v) is 6.37. The lowest BCUT2D eigenvalue weighted by Crippen LogP contribution is -2.28. The van der Waals surface area contributed by atoms with E-state index >= 15 is 0 Å². The molecule has 3 heterocycles. The maximum atomic E-state index is 9.82. The fourth-order valence-electron chi connectivity index (χ4n) is 2.13. The van der Waals surface area contributed by atoms with Crippen LogP contribution in [0.3, 0.4) is 0 Å². The fraction of sp³-hybridized carbons (Fsp3) is 0.500. The van der Waals surface area contributed by atoms with E-state index in [0.717, 1.165) is 0 Å². The zero-order valence-corrected chi connectivity index (χ0v) is 11.2. The van der Waals surface area contributed by atoms with Gasteiger partial charge in [-0.1, -0.05) is 0 Å². The van der Waals surface area contributed by atoms with E-state index in [1.54, 1.807) is 4.57 Å². The van der Waals surface area contributed by atoms with Crippen LogP contribution in [-0.4, -0.2) is 53.7 Å². The molecule has 9 heteroatoms. The minimum atomic E-state index is -1.06. The summed E-state index contributed by atoms with van der Waals surface area (Å²) in [5.74, 6) is -0.225. The minimum absolute atomic E-state index is 0.217. The molecule has 8 nitrogen and oxygen atoms in total. The third-order valence-corrected chi connectivity index (χ3v) is 3.97. The first-order chi connectivity index (χ1) is 9.05. The van der Waals surface area contributed by atoms with Gasteiger partial charge in [-0.2, -0.15) is 4.98 Å². The van der Waals surface area contributed by atoms with E-state index in [9.17, 15) is 10.2 Å². The van der Waals surface area contributed by atoms with Crippen LogP contribution in [0, 0.1) is 0 Å². The fourth-order valence-corrected chi connectivity index (χ4v) is 2.96. The van der Waals surface area contributed by atoms with E-state index in [2.05, 4.69) is 30.9 Å². The lowest BCUT2D eigenvalue weighted by atomic mass is 10.2. The van der Waals surface area contributed by atoms with Gasteiger partial charge >= 0.3 is 0 Å². The molecule has 0 unspecified atom stereocenters. The Hall–Kier alpha value is -1.29. The number of aromatic nitrogens is 4. The van der Waals surface area contributed by atoms with Crippen molar-refractivity contribution in [2.45, 2.75) is 23.3 Å². The Morgan fingerprint density at radius 3 is 2.95 bits per heavy atom. The third-order valence-electron chi connectivity index (χ3n) is 3.08. The first kappa shape index (κ1) is 12.7. The van der Waals surface area contributed by atoms with E-state index in [4.69, 9.17) is 9.84 Å². The van der Waals surface area contributed by atoms with Gasteiger partial charge in [0.05, 0.1) is 12.7 Å². The monoisotopic (exact) mass is 330 g/mol. The molecule has 102 valence electrons. The summed E-state index contributed by atoms with van der Waals surface area (Å²) in [6.45, 7) is -0.290. The van der Waals surface area contributed by atoms with Crippen molar-refractivity contribution in [2.75, 3.05) is 6.61 Å². The van der Waals surface area contributed by atoms with Crippen LogP contribution >= 0.6 is 15.9 Å². The summed E-state index contributed by atoms with van der Waals surface area (Å²) in [6.07, 6.45) is 1.36. The maximum Gasteiger partial charge on any atom is 0.242 e. The van der Waals surface area contributed by atoms with E-state index in [0.29, 0.717) is 5.65 Å². The van der Waals surface area contributed by atoms with Crippen molar-refractivity contribution >= 4 is 27.1 Å². The normalized spacial score (nSPS) is 31.1. The van der Waals surface area contributed by atoms with E-state index < -0.39 is 16.8 Å². The molecule has 1 aliphatic rings. The predicted molar refractivity (Wildman–Crippen MR) is 66.5 cm³/mol. The molecule has 1 saturated heterocycles. The second-order valence-corrected chi connectivity index (χ2v) is 5.52. The summed E-state index contributed by atoms with van der Waals surface area (Å²) in [5, 5.41) is 28.5. The van der Waals surface area contributed by atoms with Crippen LogP contribution in [0.5, 0.6) is 5.88 Å². The molecule has 0 spiro atoms. The quantitative estimate of drug-likeness (QED) is 0.646. The third kappa shape index (κ3) is 1.89. The molecule has 1 aliphatic heterocycles. The van der Waals surface area contributed by atoms with E-state index in [-0.39, 0.29) is 24.4 Å². The molecule has 0 aromatic carbocycles. The summed E-state index contributed by atoms with van der Waals surface area (Å²) in [7, 11) is 0. The molecule has 0 radical (unpaired) electrons. The summed E-state index contributed by atoms with van der Waals surface area (Å²) in [4.78, 5) is 11.7. The number of aliphatic hydroxyl groups is 2. The molecule has 3 rings (SSSR count). The van der Waals surface area contributed by atoms with Crippen molar-refractivity contribution in [2.24, 2.45) is 0 Å². The summed E-state index contributed by atoms with van der Waals surface area (Å²) in [6, 6.07) is 0. The van der Waals surface area contributed by atoms with Crippen molar-refractivity contribution in [1.29, 1.82) is 0 Å². The van der Waals surface area contributed by atoms with Crippen LogP contribution in [0.2, 0.25) is 0 Å². The summed E-state index contributed by atoms with van der Waals surface area (Å²) in [5.41, 5.74) is 0.613. The lowest BCUT2D eigenvalue weighted by molar-refractivity contribution is -0.0576. The largest absolute Gasteiger partial charge is 0.492 e. The average molecular weight is 331 g/mol. The average Bonchev–Trinajstić information content (AvgIpc) is 2.92. The molecule has 0 saturated carbocycles. The van der Waals surface area contributed by atoms with Crippen LogP contribution in [0.1, 0.15) is 6.42 Å². The number of ether oxygens (including phenoxy) is 1. The number of imidazole rings is 1. The smallest absolute Gasteiger partial charge is 0.242 e. The molecule has 3 atom stereocenters. The molecule has 2 aromatic rings. The van der Waals surface area contributed by atoms with Crippen molar-refractivity contribution in [3.05, 3.63) is 12.7 Å². The Morgan fingerprint density at radius 1 is 1.47 bits per heavy atom. The number of fused-ring (bicyclic) bond motifs is 1. The number of alkyl halides is 1. The highest BCUT2D eigenvalue weighted by molar-refractivity contribution is 9.09. The summed E-state index contributed by atoms with van der Waals surface area (Å²) >= 11 is 3.39. The second kappa shape index (κ2) is 4.37. The zero-order chi connectivity index (χ0) is 13.6. The zero-order valence-electron chi connectivity index (χ0n) is 9.64. The van der Waals surface area contributed by atoms with Gasteiger partial charge in [-0.3, -0.25) is 4.57 Å². The number of aliphatic hydroxyl groups excluding tert-OH is 2. The lowest BCUT2D eigenvalue weighted by Gasteiger charge is -2.23. The number of nitrogens with zero attached hydrogens (tertiary/aromatic N) is 4. The van der Waals surface area contributed by atoms with Crippen molar-refractivity contribution < 1.29 is 20.1 Å². The van der Waals surface area contributed by atoms with Gasteiger partial charge in [-0.15, -0.1) is 0 Å². The molecule has 0 amide bonds. The number of hydrogen-bond acceptors (Lipinski definition) is 7. The first-order valence-electron chi connectivity index (χ1n) is 5.58. The van der Waals surface area contributed by atoms with Gasteiger partial charge in [0.2, 0.25) is 10.5 Å². The summed E-state index contributed by atoms with van der Waals surface area (Å²) < 4.78 is 6.08. The van der Waals surface area contributed by atoms with Gasteiger partial charge in [0, 0.05) is 6.42 Å². The van der Waals surface area contributed by atoms with Crippen molar-refractivity contribution in [3.8, 4) is 5.88 Å². The van der Waals surface area contributed by atoms with Crippen molar-refractivity contribution in [1.82, 2.24) is 19.5 Å². The van der Waals surface area contributed by atoms with Crippen molar-refractivity contribution in [3.63, 3.8) is 0 Å². The molecule has 2 aromatic heterocycles. The topological polar surface area (TPSA) is 114 Å². The van der Waals surface area contributed by atoms with E-state index in [1.165, 1.54) is 12.7 Å². The predicted octanol–water partition coefficient (Wildman–Crippen LogP) is -0.321. The Labute approximate surface area is 115 Å². The van der Waals surface area contributed by atoms with Gasteiger partial charge in [-0.05, 0) is 15.9 Å². The number of halogens is 1. The highest BCUT2D eigenvalue weighted by Gasteiger charge is 2.46. The number of hydrogen-bond donors (Lipinski definition) is 3. The van der Waals surface area contributed by atoms with Gasteiger partial charge in [0.25, 0.3) is 0 Å². The van der Waals surface area contributed by atoms with Gasteiger partial charge in [-0.25, -0.2) is 9.97 Å². The van der Waals surface area contributed by atoms with Gasteiger partial charge < -0.3 is 20.1 Å². The molecule has 19 heavy (non-hydrogen) atoms. The van der Waals surface area contributed by atoms with Gasteiger partial charge in [0.1, 0.15) is 18.8 Å². The maximum absolute atomic E-state index is 9.82. The molecular formula is C10H11BrN4O4. The molecule has 0 aliphatic carbocycles. The van der Waals surface area contributed by atoms with Crippen LogP contribution in [0.25, 0.3) is 11.2 Å². The van der Waals surface area contributed by atoms with Crippen LogP contribution in [-0.2, 0) is 9.37 Å². The van der Waals surface area contributed by atoms with Crippen LogP contribution < -0.4 is 0 Å². The molecule has 0 bridgehead atoms. The Kier molecular flexibility index (Phi) is 2.93. The minimum Gasteiger partial charge on any atom is -0.492 e. The molecule has 3 N–H and O–H groups in total. The molecule has 1 fully saturated rings. The van der Waals surface area contributed by atoms with Gasteiger partial charge in [0.15, 0.2) is 11.2 Å². The van der Waals surface area contributed by atoms with Crippen LogP contribution in [0.4, 0.5) is 0 Å². The number of aromatic hydroxyl groups is 1. The SMILES string of the molecule is OC[C@H]1O[C@@](Br)(n2cnc3c(O)ncnc32)C[C@@H]1O. The Balaban J connectivity index is 2.08. The standard InChI is InChI=1S/C10H11BrN4O4/c11-10(1-5(17)6(2-16)19-10)15-4-14-7-8(15)12-3-13-9(7)18/h3-6,16-17H,1-2H2,(H,12,13,18)/t5-,6+,10-/m0/s1. The number of rotatable bonds is 2. The Morgan fingerprint density at radius 2 is 2.26 bits per heavy atom. The highest BCUT2D eigenvalue weighted by atomic mass is 79.9. The van der Waals surface area contributed by atoms with Crippen LogP contribution in [0.15, 0.2) is 12.7 Å². The van der Waals surface area contributed by atoms with E-state index in [1.807, 2.05) is 0 Å². The second-order valence-electron chi connectivity index (χ2n) is 4.28. The Bertz CT molecular complexity index is 621.